The fourth-order valence-electron chi connectivity index (χ4n) is 2.18. The molecule has 5 nitrogen and oxygen atoms in total. The summed E-state index contributed by atoms with van der Waals surface area (Å²) in [6.45, 7) is 2.01. The van der Waals surface area contributed by atoms with Gasteiger partial charge in [0.2, 0.25) is 0 Å². The lowest BCUT2D eigenvalue weighted by Gasteiger charge is -2.15. The average Bonchev–Trinajstić information content (AvgIpc) is 2.96. The second-order valence-electron chi connectivity index (χ2n) is 5.06. The number of benzene rings is 1. The molecule has 1 aromatic carbocycles. The Morgan fingerprint density at radius 1 is 1.14 bits per heavy atom. The van der Waals surface area contributed by atoms with Crippen LogP contribution in [0, 0.1) is 0 Å². The Morgan fingerprint density at radius 3 is 2.55 bits per heavy atom. The molecule has 2 aromatic heterocycles. The zero-order valence-corrected chi connectivity index (χ0v) is 13.8. The molecule has 0 bridgehead atoms. The Kier molecular flexibility index (Phi) is 3.84. The van der Waals surface area contributed by atoms with Crippen LogP contribution in [0.3, 0.4) is 0 Å². The third-order valence-corrected chi connectivity index (χ3v) is 5.44. The van der Waals surface area contributed by atoms with Crippen molar-refractivity contribution < 1.29 is 8.42 Å². The van der Waals surface area contributed by atoms with Crippen LogP contribution < -0.4 is 5.32 Å². The Hall–Kier alpha value is -1.99. The molecule has 0 aliphatic heterocycles. The van der Waals surface area contributed by atoms with E-state index in [4.69, 9.17) is 0 Å². The monoisotopic (exact) mass is 333 g/mol. The molecule has 22 heavy (non-hydrogen) atoms. The number of hydrogen-bond donors (Lipinski definition) is 1. The van der Waals surface area contributed by atoms with E-state index in [0.717, 1.165) is 21.6 Å². The molecule has 3 rings (SSSR count). The second kappa shape index (κ2) is 5.66. The highest BCUT2D eigenvalue weighted by Gasteiger charge is 2.12. The van der Waals surface area contributed by atoms with Gasteiger partial charge >= 0.3 is 0 Å². The molecule has 0 spiro atoms. The van der Waals surface area contributed by atoms with Crippen LogP contribution >= 0.6 is 11.3 Å². The van der Waals surface area contributed by atoms with Crippen LogP contribution in [0.25, 0.3) is 10.2 Å². The van der Waals surface area contributed by atoms with E-state index in [-0.39, 0.29) is 6.04 Å². The van der Waals surface area contributed by atoms with Gasteiger partial charge in [0.1, 0.15) is 12.1 Å². The lowest BCUT2D eigenvalue weighted by Crippen LogP contribution is -2.08. The predicted octanol–water partition coefficient (Wildman–Crippen LogP) is 3.27. The highest BCUT2D eigenvalue weighted by molar-refractivity contribution is 7.90. The van der Waals surface area contributed by atoms with Crippen molar-refractivity contribution in [1.29, 1.82) is 0 Å². The molecule has 1 atom stereocenters. The lowest BCUT2D eigenvalue weighted by atomic mass is 10.1. The highest BCUT2D eigenvalue weighted by atomic mass is 32.2. The van der Waals surface area contributed by atoms with Gasteiger partial charge in [0, 0.05) is 12.3 Å². The zero-order valence-electron chi connectivity index (χ0n) is 12.1. The quantitative estimate of drug-likeness (QED) is 0.793. The SMILES string of the molecule is C[C@@H](Nc1ncnc2ccsc12)c1ccc(S(C)(=O)=O)cc1. The van der Waals surface area contributed by atoms with Gasteiger partial charge in [-0.2, -0.15) is 0 Å². The number of sulfone groups is 1. The van der Waals surface area contributed by atoms with Gasteiger partial charge in [-0.25, -0.2) is 18.4 Å². The van der Waals surface area contributed by atoms with Crippen LogP contribution in [0.2, 0.25) is 0 Å². The Bertz CT molecular complexity index is 902. The van der Waals surface area contributed by atoms with E-state index in [9.17, 15) is 8.42 Å². The van der Waals surface area contributed by atoms with Crippen molar-refractivity contribution in [2.75, 3.05) is 11.6 Å². The fourth-order valence-corrected chi connectivity index (χ4v) is 3.61. The number of rotatable bonds is 4. The number of hydrogen-bond acceptors (Lipinski definition) is 6. The molecule has 0 radical (unpaired) electrons. The van der Waals surface area contributed by atoms with Crippen LogP contribution in [0.15, 0.2) is 46.9 Å². The summed E-state index contributed by atoms with van der Waals surface area (Å²) < 4.78 is 24.0. The lowest BCUT2D eigenvalue weighted by molar-refractivity contribution is 0.602. The molecule has 7 heteroatoms. The molecule has 0 fully saturated rings. The number of nitrogens with zero attached hydrogens (tertiary/aromatic N) is 2. The van der Waals surface area contributed by atoms with Crippen molar-refractivity contribution in [3.8, 4) is 0 Å². The topological polar surface area (TPSA) is 72.0 Å². The standard InChI is InChI=1S/C15H15N3O2S2/c1-10(11-3-5-12(6-4-11)22(2,19)20)18-15-14-13(7-8-21-14)16-9-17-15/h3-10H,1-2H3,(H,16,17,18)/t10-/m1/s1. The Morgan fingerprint density at radius 2 is 1.86 bits per heavy atom. The summed E-state index contributed by atoms with van der Waals surface area (Å²) >= 11 is 1.59. The fraction of sp³-hybridized carbons (Fsp3) is 0.200. The van der Waals surface area contributed by atoms with Crippen LogP contribution in [-0.2, 0) is 9.84 Å². The number of thiophene rings is 1. The van der Waals surface area contributed by atoms with Gasteiger partial charge in [-0.15, -0.1) is 11.3 Å². The number of aromatic nitrogens is 2. The first-order valence-corrected chi connectivity index (χ1v) is 9.47. The Balaban J connectivity index is 1.85. The maximum atomic E-state index is 11.5. The van der Waals surface area contributed by atoms with Gasteiger partial charge in [0.15, 0.2) is 9.84 Å². The molecule has 0 aliphatic carbocycles. The van der Waals surface area contributed by atoms with Crippen molar-refractivity contribution in [2.24, 2.45) is 0 Å². The summed E-state index contributed by atoms with van der Waals surface area (Å²) in [5, 5.41) is 5.34. The van der Waals surface area contributed by atoms with Gasteiger partial charge in [0.05, 0.1) is 15.1 Å². The molecule has 0 amide bonds. The van der Waals surface area contributed by atoms with Crippen LogP contribution in [0.1, 0.15) is 18.5 Å². The van der Waals surface area contributed by atoms with Gasteiger partial charge in [-0.3, -0.25) is 0 Å². The van der Waals surface area contributed by atoms with Gasteiger partial charge in [-0.05, 0) is 36.1 Å². The smallest absolute Gasteiger partial charge is 0.175 e. The minimum atomic E-state index is -3.16. The first-order chi connectivity index (χ1) is 10.4. The molecule has 0 saturated heterocycles. The summed E-state index contributed by atoms with van der Waals surface area (Å²) in [6.07, 6.45) is 2.75. The summed E-state index contributed by atoms with van der Waals surface area (Å²) in [5.41, 5.74) is 1.91. The van der Waals surface area contributed by atoms with Crippen LogP contribution in [-0.4, -0.2) is 24.6 Å². The summed E-state index contributed by atoms with van der Waals surface area (Å²) in [4.78, 5) is 8.83. The first-order valence-electron chi connectivity index (χ1n) is 6.70. The molecular weight excluding hydrogens is 318 g/mol. The molecule has 2 heterocycles. The molecule has 0 aliphatic rings. The summed E-state index contributed by atoms with van der Waals surface area (Å²) in [5.74, 6) is 0.791. The molecular formula is C15H15N3O2S2. The normalized spacial score (nSPS) is 13.2. The van der Waals surface area contributed by atoms with E-state index >= 15 is 0 Å². The maximum Gasteiger partial charge on any atom is 0.175 e. The third kappa shape index (κ3) is 2.95. The van der Waals surface area contributed by atoms with E-state index in [2.05, 4.69) is 15.3 Å². The van der Waals surface area contributed by atoms with Crippen LogP contribution in [0.5, 0.6) is 0 Å². The second-order valence-corrected chi connectivity index (χ2v) is 8.00. The largest absolute Gasteiger partial charge is 0.362 e. The van der Waals surface area contributed by atoms with Crippen molar-refractivity contribution in [2.45, 2.75) is 17.9 Å². The zero-order chi connectivity index (χ0) is 15.7. The van der Waals surface area contributed by atoms with E-state index in [0.29, 0.717) is 4.90 Å². The maximum absolute atomic E-state index is 11.5. The number of nitrogens with one attached hydrogen (secondary N) is 1. The van der Waals surface area contributed by atoms with E-state index in [1.54, 1.807) is 23.5 Å². The number of anilines is 1. The van der Waals surface area contributed by atoms with Gasteiger partial charge < -0.3 is 5.32 Å². The molecule has 3 aromatic rings. The minimum Gasteiger partial charge on any atom is -0.362 e. The van der Waals surface area contributed by atoms with Gasteiger partial charge in [0.25, 0.3) is 0 Å². The number of fused-ring (bicyclic) bond motifs is 1. The highest BCUT2D eigenvalue weighted by Crippen LogP contribution is 2.28. The van der Waals surface area contributed by atoms with E-state index in [1.807, 2.05) is 30.5 Å². The van der Waals surface area contributed by atoms with Crippen LogP contribution in [0.4, 0.5) is 5.82 Å². The molecule has 1 N–H and O–H groups in total. The van der Waals surface area contributed by atoms with E-state index in [1.165, 1.54) is 12.6 Å². The molecule has 0 saturated carbocycles. The van der Waals surface area contributed by atoms with Gasteiger partial charge in [-0.1, -0.05) is 12.1 Å². The van der Waals surface area contributed by atoms with Crippen molar-refractivity contribution >= 4 is 37.2 Å². The first kappa shape index (κ1) is 14.9. The summed E-state index contributed by atoms with van der Waals surface area (Å²) in [7, 11) is -3.16. The van der Waals surface area contributed by atoms with E-state index < -0.39 is 9.84 Å². The average molecular weight is 333 g/mol. The predicted molar refractivity (Wildman–Crippen MR) is 89.0 cm³/mol. The Labute approximate surface area is 133 Å². The summed E-state index contributed by atoms with van der Waals surface area (Å²) in [6, 6.07) is 8.86. The van der Waals surface area contributed by atoms with Crippen molar-refractivity contribution in [3.05, 3.63) is 47.6 Å². The minimum absolute atomic E-state index is 0.00816. The molecule has 0 unspecified atom stereocenters. The molecule has 114 valence electrons. The van der Waals surface area contributed by atoms with Crippen molar-refractivity contribution in [1.82, 2.24) is 9.97 Å². The van der Waals surface area contributed by atoms with Crippen molar-refractivity contribution in [3.63, 3.8) is 0 Å². The third-order valence-electron chi connectivity index (χ3n) is 3.40.